The van der Waals surface area contributed by atoms with Crippen LogP contribution in [0.25, 0.3) is 0 Å². The summed E-state index contributed by atoms with van der Waals surface area (Å²) in [5.74, 6) is 1.40. The van der Waals surface area contributed by atoms with E-state index in [0.29, 0.717) is 31.2 Å². The Kier molecular flexibility index (Phi) is 7.48. The Morgan fingerprint density at radius 2 is 1.64 bits per heavy atom. The van der Waals surface area contributed by atoms with E-state index >= 15 is 0 Å². The van der Waals surface area contributed by atoms with Gasteiger partial charge in [-0.05, 0) is 41.0 Å². The maximum Gasteiger partial charge on any atom is 0.161 e. The van der Waals surface area contributed by atoms with Gasteiger partial charge in [-0.2, -0.15) is 0 Å². The van der Waals surface area contributed by atoms with Crippen LogP contribution in [0, 0.1) is 0 Å². The van der Waals surface area contributed by atoms with Crippen LogP contribution in [0.2, 0.25) is 0 Å². The van der Waals surface area contributed by atoms with Crippen molar-refractivity contribution < 1.29 is 14.6 Å². The zero-order valence-corrected chi connectivity index (χ0v) is 17.4. The lowest BCUT2D eigenvalue weighted by Gasteiger charge is -2.14. The van der Waals surface area contributed by atoms with E-state index in [1.54, 1.807) is 7.11 Å². The summed E-state index contributed by atoms with van der Waals surface area (Å²) in [6.07, 6.45) is -0.531. The van der Waals surface area contributed by atoms with Gasteiger partial charge in [-0.1, -0.05) is 64.5 Å². The van der Waals surface area contributed by atoms with Crippen molar-refractivity contribution in [2.75, 3.05) is 13.7 Å². The number of aliphatic hydroxyl groups is 1. The summed E-state index contributed by atoms with van der Waals surface area (Å²) in [7, 11) is 1.64. The Morgan fingerprint density at radius 1 is 0.929 bits per heavy atom. The van der Waals surface area contributed by atoms with Crippen LogP contribution in [-0.2, 0) is 13.2 Å². The van der Waals surface area contributed by atoms with Crippen LogP contribution in [0.15, 0.2) is 77.3 Å². The van der Waals surface area contributed by atoms with Gasteiger partial charge in [0.05, 0.1) is 13.2 Å². The average Bonchev–Trinajstić information content (AvgIpc) is 2.74. The zero-order chi connectivity index (χ0) is 19.8. The minimum Gasteiger partial charge on any atom is -0.493 e. The van der Waals surface area contributed by atoms with Crippen LogP contribution >= 0.6 is 15.9 Å². The number of aliphatic hydroxyl groups excluding tert-OH is 1. The van der Waals surface area contributed by atoms with Crippen LogP contribution in [0.1, 0.15) is 22.8 Å². The summed E-state index contributed by atoms with van der Waals surface area (Å²) in [6, 6.07) is 23.5. The Labute approximate surface area is 174 Å². The summed E-state index contributed by atoms with van der Waals surface area (Å²) in [6.45, 7) is 1.59. The molecule has 3 aromatic rings. The van der Waals surface area contributed by atoms with E-state index in [0.717, 1.165) is 21.2 Å². The van der Waals surface area contributed by atoms with E-state index in [-0.39, 0.29) is 0 Å². The zero-order valence-electron chi connectivity index (χ0n) is 15.8. The molecule has 0 amide bonds. The second-order valence-corrected chi connectivity index (χ2v) is 7.37. The van der Waals surface area contributed by atoms with Crippen molar-refractivity contribution in [2.24, 2.45) is 0 Å². The molecule has 3 rings (SSSR count). The molecule has 5 heteroatoms. The molecule has 0 saturated heterocycles. The first-order chi connectivity index (χ1) is 13.7. The maximum atomic E-state index is 10.2. The average molecular weight is 442 g/mol. The summed E-state index contributed by atoms with van der Waals surface area (Å²) >= 11 is 3.43. The molecular formula is C23H24BrNO3. The highest BCUT2D eigenvalue weighted by atomic mass is 79.9. The van der Waals surface area contributed by atoms with Gasteiger partial charge in [0, 0.05) is 17.6 Å². The van der Waals surface area contributed by atoms with E-state index in [4.69, 9.17) is 9.47 Å². The largest absolute Gasteiger partial charge is 0.493 e. The molecule has 0 spiro atoms. The van der Waals surface area contributed by atoms with E-state index in [9.17, 15) is 5.11 Å². The van der Waals surface area contributed by atoms with Gasteiger partial charge >= 0.3 is 0 Å². The van der Waals surface area contributed by atoms with Crippen LogP contribution in [0.3, 0.4) is 0 Å². The van der Waals surface area contributed by atoms with Gasteiger partial charge in [-0.25, -0.2) is 0 Å². The third-order valence-corrected chi connectivity index (χ3v) is 4.92. The van der Waals surface area contributed by atoms with Gasteiger partial charge in [0.25, 0.3) is 0 Å². The van der Waals surface area contributed by atoms with E-state index in [2.05, 4.69) is 21.2 Å². The first kappa shape index (κ1) is 20.4. The Morgan fingerprint density at radius 3 is 2.36 bits per heavy atom. The fourth-order valence-electron chi connectivity index (χ4n) is 2.83. The fourth-order valence-corrected chi connectivity index (χ4v) is 3.09. The summed E-state index contributed by atoms with van der Waals surface area (Å²) in [5, 5.41) is 13.5. The topological polar surface area (TPSA) is 50.7 Å². The third-order valence-electron chi connectivity index (χ3n) is 4.39. The Balaban J connectivity index is 1.54. The number of nitrogens with one attached hydrogen (secondary N) is 1. The lowest BCUT2D eigenvalue weighted by Crippen LogP contribution is -2.21. The normalized spacial score (nSPS) is 11.8. The Hall–Kier alpha value is -2.34. The third kappa shape index (κ3) is 5.83. The maximum absolute atomic E-state index is 10.2. The molecule has 0 heterocycles. The Bertz CT molecular complexity index is 869. The fraction of sp³-hybridized carbons (Fsp3) is 0.217. The molecule has 0 aromatic heterocycles. The second kappa shape index (κ2) is 10.3. The number of rotatable bonds is 9. The predicted octanol–water partition coefficient (Wildman–Crippen LogP) is 4.86. The minimum absolute atomic E-state index is 0.477. The molecule has 0 saturated carbocycles. The molecule has 0 fully saturated rings. The highest BCUT2D eigenvalue weighted by Crippen LogP contribution is 2.29. The molecule has 28 heavy (non-hydrogen) atoms. The van der Waals surface area contributed by atoms with Crippen LogP contribution in [0.5, 0.6) is 11.5 Å². The molecule has 4 nitrogen and oxygen atoms in total. The highest BCUT2D eigenvalue weighted by Gasteiger charge is 2.09. The number of hydrogen-bond acceptors (Lipinski definition) is 4. The first-order valence-corrected chi connectivity index (χ1v) is 9.93. The summed E-state index contributed by atoms with van der Waals surface area (Å²) in [4.78, 5) is 0. The summed E-state index contributed by atoms with van der Waals surface area (Å²) < 4.78 is 12.4. The monoisotopic (exact) mass is 441 g/mol. The molecule has 146 valence electrons. The second-order valence-electron chi connectivity index (χ2n) is 6.46. The van der Waals surface area contributed by atoms with Crippen LogP contribution in [-0.4, -0.2) is 18.8 Å². The molecule has 1 unspecified atom stereocenters. The van der Waals surface area contributed by atoms with Crippen LogP contribution < -0.4 is 14.8 Å². The molecule has 0 bridgehead atoms. The van der Waals surface area contributed by atoms with Gasteiger partial charge in [-0.15, -0.1) is 0 Å². The molecule has 2 N–H and O–H groups in total. The highest BCUT2D eigenvalue weighted by molar-refractivity contribution is 9.10. The molecule has 0 aliphatic rings. The van der Waals surface area contributed by atoms with E-state index in [1.165, 1.54) is 0 Å². The minimum atomic E-state index is -0.531. The molecule has 3 aromatic carbocycles. The van der Waals surface area contributed by atoms with Crippen LogP contribution in [0.4, 0.5) is 0 Å². The van der Waals surface area contributed by atoms with E-state index in [1.807, 2.05) is 72.8 Å². The number of benzene rings is 3. The predicted molar refractivity (Wildman–Crippen MR) is 115 cm³/mol. The van der Waals surface area contributed by atoms with Gasteiger partial charge in [0.15, 0.2) is 11.5 Å². The van der Waals surface area contributed by atoms with Gasteiger partial charge in [-0.3, -0.25) is 0 Å². The number of ether oxygens (including phenoxy) is 2. The molecule has 0 aliphatic carbocycles. The van der Waals surface area contributed by atoms with Crippen molar-refractivity contribution in [3.8, 4) is 11.5 Å². The van der Waals surface area contributed by atoms with Gasteiger partial charge < -0.3 is 19.9 Å². The number of methoxy groups -OCH3 is 1. The molecular weight excluding hydrogens is 418 g/mol. The van der Waals surface area contributed by atoms with E-state index < -0.39 is 6.10 Å². The molecule has 0 aliphatic heterocycles. The smallest absolute Gasteiger partial charge is 0.161 e. The lowest BCUT2D eigenvalue weighted by molar-refractivity contribution is 0.174. The van der Waals surface area contributed by atoms with Crippen molar-refractivity contribution in [1.29, 1.82) is 0 Å². The van der Waals surface area contributed by atoms with Gasteiger partial charge in [0.1, 0.15) is 6.61 Å². The van der Waals surface area contributed by atoms with Gasteiger partial charge in [0.2, 0.25) is 0 Å². The van der Waals surface area contributed by atoms with Crippen molar-refractivity contribution in [3.63, 3.8) is 0 Å². The molecule has 0 radical (unpaired) electrons. The SMILES string of the molecule is COc1cc(CNCC(O)c2ccccc2)ccc1OCc1ccc(Br)cc1. The quantitative estimate of drug-likeness (QED) is 0.497. The number of halogens is 1. The van der Waals surface area contributed by atoms with Crippen molar-refractivity contribution >= 4 is 15.9 Å². The van der Waals surface area contributed by atoms with Crippen molar-refractivity contribution in [3.05, 3.63) is 94.0 Å². The number of hydrogen-bond donors (Lipinski definition) is 2. The first-order valence-electron chi connectivity index (χ1n) is 9.13. The summed E-state index contributed by atoms with van der Waals surface area (Å²) in [5.41, 5.74) is 3.06. The standard InChI is InChI=1S/C23H24BrNO3/c1-27-23-13-18(14-25-15-21(26)19-5-3-2-4-6-19)9-12-22(23)28-16-17-7-10-20(24)11-8-17/h2-13,21,25-26H,14-16H2,1H3. The van der Waals surface area contributed by atoms with Crippen molar-refractivity contribution in [1.82, 2.24) is 5.32 Å². The molecule has 1 atom stereocenters. The lowest BCUT2D eigenvalue weighted by atomic mass is 10.1. The van der Waals surface area contributed by atoms with Crippen molar-refractivity contribution in [2.45, 2.75) is 19.3 Å².